The zero-order chi connectivity index (χ0) is 23.4. The minimum atomic E-state index is -0.431. The highest BCUT2D eigenvalue weighted by Crippen LogP contribution is 2.30. The zero-order valence-electron chi connectivity index (χ0n) is 18.9. The Kier molecular flexibility index (Phi) is 6.93. The number of carbonyl (C=O) groups excluding carboxylic acids is 1. The quantitative estimate of drug-likeness (QED) is 0.431. The van der Waals surface area contributed by atoms with Crippen molar-refractivity contribution in [1.82, 2.24) is 5.01 Å². The number of rotatable bonds is 8. The van der Waals surface area contributed by atoms with Gasteiger partial charge in [-0.05, 0) is 85.5 Å². The lowest BCUT2D eigenvalue weighted by Crippen LogP contribution is -2.35. The summed E-state index contributed by atoms with van der Waals surface area (Å²) in [5, 5.41) is 15.7. The van der Waals surface area contributed by atoms with Gasteiger partial charge in [-0.15, -0.1) is 0 Å². The van der Waals surface area contributed by atoms with Crippen molar-refractivity contribution in [3.8, 4) is 11.5 Å². The summed E-state index contributed by atoms with van der Waals surface area (Å²) in [6, 6.07) is 13.4. The van der Waals surface area contributed by atoms with Gasteiger partial charge in [0.15, 0.2) is 5.84 Å². The van der Waals surface area contributed by atoms with E-state index in [0.29, 0.717) is 24.1 Å². The Morgan fingerprint density at radius 3 is 2.55 bits per heavy atom. The van der Waals surface area contributed by atoms with Crippen LogP contribution in [0, 0.1) is 19.3 Å². The van der Waals surface area contributed by atoms with Gasteiger partial charge in [0, 0.05) is 0 Å². The van der Waals surface area contributed by atoms with E-state index in [1.54, 1.807) is 6.08 Å². The van der Waals surface area contributed by atoms with E-state index in [2.05, 4.69) is 30.9 Å². The van der Waals surface area contributed by atoms with Crippen molar-refractivity contribution in [3.05, 3.63) is 64.7 Å². The fourth-order valence-corrected chi connectivity index (χ4v) is 4.32. The van der Waals surface area contributed by atoms with Crippen LogP contribution < -0.4 is 9.47 Å². The molecule has 0 spiro atoms. The number of aryl methyl sites for hydroxylation is 2. The highest BCUT2D eigenvalue weighted by atomic mass is 32.2. The lowest BCUT2D eigenvalue weighted by molar-refractivity contribution is -0.114. The van der Waals surface area contributed by atoms with Gasteiger partial charge in [0.2, 0.25) is 5.17 Å². The maximum Gasteiger partial charge on any atom is 0.283 e. The molecule has 0 fully saturated rings. The van der Waals surface area contributed by atoms with Crippen LogP contribution in [0.15, 0.2) is 58.1 Å². The van der Waals surface area contributed by atoms with Crippen molar-refractivity contribution >= 4 is 39.8 Å². The molecule has 4 rings (SSSR count). The number of thioether (sulfide) groups is 1. The summed E-state index contributed by atoms with van der Waals surface area (Å²) in [5.41, 5.74) is 3.37. The second kappa shape index (κ2) is 10.0. The fraction of sp³-hybridized carbons (Fsp3) is 0.280. The largest absolute Gasteiger partial charge is 0.490 e. The third kappa shape index (κ3) is 5.34. The van der Waals surface area contributed by atoms with Crippen LogP contribution >= 0.6 is 11.8 Å². The second-order valence-electron chi connectivity index (χ2n) is 7.78. The summed E-state index contributed by atoms with van der Waals surface area (Å²) >= 11 is 1.35. The van der Waals surface area contributed by atoms with Crippen LogP contribution in [0.5, 0.6) is 11.5 Å². The molecule has 0 aliphatic carbocycles. The smallest absolute Gasteiger partial charge is 0.283 e. The van der Waals surface area contributed by atoms with Crippen molar-refractivity contribution in [3.63, 3.8) is 0 Å². The molecule has 0 bridgehead atoms. The van der Waals surface area contributed by atoms with Crippen molar-refractivity contribution in [2.75, 3.05) is 13.2 Å². The zero-order valence-corrected chi connectivity index (χ0v) is 19.7. The van der Waals surface area contributed by atoms with Gasteiger partial charge in [-0.2, -0.15) is 15.1 Å². The monoisotopic (exact) mass is 462 g/mol. The number of nitrogens with zero attached hydrogens (tertiary/aromatic N) is 3. The fourth-order valence-electron chi connectivity index (χ4n) is 3.33. The first-order valence-corrected chi connectivity index (χ1v) is 11.7. The molecule has 2 aromatic rings. The summed E-state index contributed by atoms with van der Waals surface area (Å²) < 4.78 is 11.6. The standard InChI is InChI=1S/C25H26N4O3S/c1-4-6-22-28-29-23(26)21(24(30)27-25(29)33-22)15-18-7-5-8-19(14-18)31-11-12-32-20-10-9-16(2)17(3)13-20/h5,7-10,13-15,26H,4,6,11-12H2,1-3H3/b21-15-,26-23?. The molecule has 1 N–H and O–H groups in total. The van der Waals surface area contributed by atoms with E-state index in [4.69, 9.17) is 14.9 Å². The lowest BCUT2D eigenvalue weighted by Gasteiger charge is -2.20. The number of nitrogens with one attached hydrogen (secondary N) is 1. The van der Waals surface area contributed by atoms with Crippen LogP contribution in [0.25, 0.3) is 6.08 Å². The number of hydrogen-bond donors (Lipinski definition) is 1. The van der Waals surface area contributed by atoms with E-state index in [1.165, 1.54) is 27.9 Å². The van der Waals surface area contributed by atoms with Gasteiger partial charge in [0.1, 0.15) is 29.8 Å². The first-order chi connectivity index (χ1) is 15.9. The van der Waals surface area contributed by atoms with Crippen molar-refractivity contribution in [2.24, 2.45) is 10.1 Å². The average Bonchev–Trinajstić information content (AvgIpc) is 3.20. The Balaban J connectivity index is 1.40. The number of ether oxygens (including phenoxy) is 2. The van der Waals surface area contributed by atoms with Gasteiger partial charge in [0.25, 0.3) is 5.91 Å². The maximum absolute atomic E-state index is 12.6. The summed E-state index contributed by atoms with van der Waals surface area (Å²) in [6.45, 7) is 6.99. The Bertz CT molecular complexity index is 1190. The Morgan fingerprint density at radius 2 is 1.82 bits per heavy atom. The van der Waals surface area contributed by atoms with Gasteiger partial charge < -0.3 is 9.47 Å². The summed E-state index contributed by atoms with van der Waals surface area (Å²) in [6.07, 6.45) is 3.40. The molecule has 0 unspecified atom stereocenters. The molecule has 0 radical (unpaired) electrons. The SMILES string of the molecule is CCCC1=NN2C(=N)/C(=C/c3cccc(OCCOc4ccc(C)c(C)c4)c3)C(=O)N=C2S1. The van der Waals surface area contributed by atoms with Crippen molar-refractivity contribution in [1.29, 1.82) is 5.41 Å². The van der Waals surface area contributed by atoms with Gasteiger partial charge in [-0.3, -0.25) is 10.2 Å². The predicted octanol–water partition coefficient (Wildman–Crippen LogP) is 5.18. The van der Waals surface area contributed by atoms with Crippen LogP contribution in [-0.4, -0.2) is 40.2 Å². The molecule has 2 heterocycles. The summed E-state index contributed by atoms with van der Waals surface area (Å²) in [7, 11) is 0. The Labute approximate surface area is 197 Å². The van der Waals surface area contributed by atoms with E-state index in [0.717, 1.165) is 29.2 Å². The molecule has 0 atom stereocenters. The van der Waals surface area contributed by atoms with E-state index in [1.807, 2.05) is 42.5 Å². The number of benzene rings is 2. The third-order valence-electron chi connectivity index (χ3n) is 5.23. The molecule has 0 aromatic heterocycles. The van der Waals surface area contributed by atoms with Crippen molar-refractivity contribution in [2.45, 2.75) is 33.6 Å². The van der Waals surface area contributed by atoms with Gasteiger partial charge in [-0.1, -0.05) is 25.1 Å². The molecule has 2 aliphatic heterocycles. The molecular formula is C25H26N4O3S. The summed E-state index contributed by atoms with van der Waals surface area (Å²) in [5.74, 6) is 1.09. The first-order valence-electron chi connectivity index (χ1n) is 10.9. The molecule has 0 saturated carbocycles. The van der Waals surface area contributed by atoms with Crippen LogP contribution in [0.1, 0.15) is 36.5 Å². The number of amidine groups is 2. The molecule has 2 aliphatic rings. The number of hydrazone groups is 1. The lowest BCUT2D eigenvalue weighted by atomic mass is 10.1. The van der Waals surface area contributed by atoms with Crippen molar-refractivity contribution < 1.29 is 14.3 Å². The average molecular weight is 463 g/mol. The third-order valence-corrected chi connectivity index (χ3v) is 6.20. The van der Waals surface area contributed by atoms with E-state index in [9.17, 15) is 4.79 Å². The number of amides is 1. The van der Waals surface area contributed by atoms with E-state index in [-0.39, 0.29) is 11.4 Å². The molecule has 1 amide bonds. The van der Waals surface area contributed by atoms with E-state index < -0.39 is 5.91 Å². The molecular weight excluding hydrogens is 436 g/mol. The molecule has 170 valence electrons. The molecule has 2 aromatic carbocycles. The number of aliphatic imine (C=N–C) groups is 1. The molecule has 8 heteroatoms. The Hall–Kier alpha value is -3.39. The highest BCUT2D eigenvalue weighted by molar-refractivity contribution is 8.26. The summed E-state index contributed by atoms with van der Waals surface area (Å²) in [4.78, 5) is 16.7. The normalized spacial score (nSPS) is 16.6. The predicted molar refractivity (Wildman–Crippen MR) is 133 cm³/mol. The topological polar surface area (TPSA) is 87.3 Å². The number of fused-ring (bicyclic) bond motifs is 1. The maximum atomic E-state index is 12.6. The Morgan fingerprint density at radius 1 is 1.06 bits per heavy atom. The van der Waals surface area contributed by atoms with E-state index >= 15 is 0 Å². The first kappa shape index (κ1) is 22.8. The van der Waals surface area contributed by atoms with Crippen LogP contribution in [0.4, 0.5) is 0 Å². The van der Waals surface area contributed by atoms with Crippen LogP contribution in [0.3, 0.4) is 0 Å². The van der Waals surface area contributed by atoms with Gasteiger partial charge in [0.05, 0.1) is 5.57 Å². The molecule has 7 nitrogen and oxygen atoms in total. The highest BCUT2D eigenvalue weighted by Gasteiger charge is 2.35. The second-order valence-corrected chi connectivity index (χ2v) is 8.82. The van der Waals surface area contributed by atoms with Crippen LogP contribution in [0.2, 0.25) is 0 Å². The number of hydrogen-bond acceptors (Lipinski definition) is 6. The van der Waals surface area contributed by atoms with Gasteiger partial charge >= 0.3 is 0 Å². The number of carbonyl (C=O) groups is 1. The van der Waals surface area contributed by atoms with Gasteiger partial charge in [-0.25, -0.2) is 0 Å². The minimum absolute atomic E-state index is 0.0386. The minimum Gasteiger partial charge on any atom is -0.490 e. The van der Waals surface area contributed by atoms with Crippen LogP contribution in [-0.2, 0) is 4.79 Å². The molecule has 0 saturated heterocycles. The molecule has 33 heavy (non-hydrogen) atoms.